The van der Waals surface area contributed by atoms with Gasteiger partial charge in [0.25, 0.3) is 6.01 Å². The predicted molar refractivity (Wildman–Crippen MR) is 80.9 cm³/mol. The van der Waals surface area contributed by atoms with E-state index in [0.717, 1.165) is 15.7 Å². The maximum atomic E-state index is 6.03. The van der Waals surface area contributed by atoms with Crippen LogP contribution in [0.15, 0.2) is 45.3 Å². The molecule has 0 saturated carbocycles. The molecule has 2 aromatic carbocycles. The SMILES string of the molecule is Nc1ccc2nc(Nc3cccc(Cl)c3Br)oc2c1. The third-order valence-electron chi connectivity index (χ3n) is 2.61. The molecule has 1 heterocycles. The predicted octanol–water partition coefficient (Wildman–Crippen LogP) is 4.57. The van der Waals surface area contributed by atoms with Gasteiger partial charge in [-0.15, -0.1) is 0 Å². The largest absolute Gasteiger partial charge is 0.423 e. The zero-order chi connectivity index (χ0) is 13.4. The van der Waals surface area contributed by atoms with Crippen molar-refractivity contribution in [1.29, 1.82) is 0 Å². The van der Waals surface area contributed by atoms with Crippen LogP contribution in [0, 0.1) is 0 Å². The van der Waals surface area contributed by atoms with Crippen molar-refractivity contribution in [3.63, 3.8) is 0 Å². The van der Waals surface area contributed by atoms with Gasteiger partial charge in [0.05, 0.1) is 15.2 Å². The number of nitrogens with two attached hydrogens (primary N) is 1. The summed E-state index contributed by atoms with van der Waals surface area (Å²) >= 11 is 9.43. The van der Waals surface area contributed by atoms with E-state index in [9.17, 15) is 0 Å². The Labute approximate surface area is 122 Å². The molecule has 0 unspecified atom stereocenters. The Balaban J connectivity index is 1.99. The van der Waals surface area contributed by atoms with Crippen LogP contribution in [0.4, 0.5) is 17.4 Å². The lowest BCUT2D eigenvalue weighted by Crippen LogP contribution is -1.91. The number of aromatic nitrogens is 1. The summed E-state index contributed by atoms with van der Waals surface area (Å²) in [6.45, 7) is 0. The van der Waals surface area contributed by atoms with E-state index in [1.54, 1.807) is 18.2 Å². The van der Waals surface area contributed by atoms with E-state index in [2.05, 4.69) is 26.2 Å². The van der Waals surface area contributed by atoms with Crippen LogP contribution in [-0.4, -0.2) is 4.98 Å². The minimum absolute atomic E-state index is 0.392. The molecule has 0 radical (unpaired) electrons. The molecule has 0 atom stereocenters. The first-order valence-corrected chi connectivity index (χ1v) is 6.68. The molecule has 3 rings (SSSR count). The lowest BCUT2D eigenvalue weighted by molar-refractivity contribution is 0.623. The lowest BCUT2D eigenvalue weighted by atomic mass is 10.3. The van der Waals surface area contributed by atoms with Gasteiger partial charge in [-0.2, -0.15) is 4.98 Å². The van der Waals surface area contributed by atoms with Gasteiger partial charge < -0.3 is 15.5 Å². The van der Waals surface area contributed by atoms with Crippen LogP contribution in [0.25, 0.3) is 11.1 Å². The molecule has 0 aliphatic carbocycles. The standard InChI is InChI=1S/C13H9BrClN3O/c14-12-8(15)2-1-3-10(12)18-13-17-9-5-4-7(16)6-11(9)19-13/h1-6H,16H2,(H,17,18). The molecule has 19 heavy (non-hydrogen) atoms. The van der Waals surface area contributed by atoms with Gasteiger partial charge in [-0.1, -0.05) is 17.7 Å². The fourth-order valence-corrected chi connectivity index (χ4v) is 2.25. The molecular formula is C13H9BrClN3O. The number of hydrogen-bond acceptors (Lipinski definition) is 4. The van der Waals surface area contributed by atoms with E-state index in [0.29, 0.717) is 22.3 Å². The number of benzene rings is 2. The second-order valence-corrected chi connectivity index (χ2v) is 5.17. The molecule has 1 aromatic heterocycles. The summed E-state index contributed by atoms with van der Waals surface area (Å²) in [6, 6.07) is 11.2. The maximum absolute atomic E-state index is 6.03. The van der Waals surface area contributed by atoms with Gasteiger partial charge in [0, 0.05) is 11.8 Å². The van der Waals surface area contributed by atoms with E-state index >= 15 is 0 Å². The minimum Gasteiger partial charge on any atom is -0.423 e. The van der Waals surface area contributed by atoms with Crippen molar-refractivity contribution in [3.8, 4) is 0 Å². The number of nitrogen functional groups attached to an aromatic ring is 1. The van der Waals surface area contributed by atoms with E-state index in [1.807, 2.05) is 18.2 Å². The number of rotatable bonds is 2. The first-order valence-electron chi connectivity index (χ1n) is 5.50. The Kier molecular flexibility index (Phi) is 3.08. The molecule has 3 aromatic rings. The highest BCUT2D eigenvalue weighted by atomic mass is 79.9. The molecule has 0 spiro atoms. The quantitative estimate of drug-likeness (QED) is 0.672. The van der Waals surface area contributed by atoms with Gasteiger partial charge in [-0.05, 0) is 40.2 Å². The number of anilines is 3. The summed E-state index contributed by atoms with van der Waals surface area (Å²) in [5.41, 5.74) is 8.50. The monoisotopic (exact) mass is 337 g/mol. The van der Waals surface area contributed by atoms with Crippen LogP contribution in [0.2, 0.25) is 5.02 Å². The van der Waals surface area contributed by atoms with Gasteiger partial charge in [0.15, 0.2) is 5.58 Å². The van der Waals surface area contributed by atoms with Gasteiger partial charge in [-0.25, -0.2) is 0 Å². The second-order valence-electron chi connectivity index (χ2n) is 3.97. The molecule has 96 valence electrons. The molecular weight excluding hydrogens is 330 g/mol. The highest BCUT2D eigenvalue weighted by molar-refractivity contribution is 9.10. The molecule has 0 bridgehead atoms. The van der Waals surface area contributed by atoms with Crippen molar-refractivity contribution in [1.82, 2.24) is 4.98 Å². The third kappa shape index (κ3) is 2.39. The van der Waals surface area contributed by atoms with Gasteiger partial charge in [-0.3, -0.25) is 0 Å². The van der Waals surface area contributed by atoms with Crippen molar-refractivity contribution in [3.05, 3.63) is 45.9 Å². The molecule has 0 amide bonds. The van der Waals surface area contributed by atoms with Crippen LogP contribution in [0.1, 0.15) is 0 Å². The van der Waals surface area contributed by atoms with Crippen LogP contribution in [0.5, 0.6) is 0 Å². The summed E-state index contributed by atoms with van der Waals surface area (Å²) in [6.07, 6.45) is 0. The van der Waals surface area contributed by atoms with Crippen LogP contribution in [-0.2, 0) is 0 Å². The van der Waals surface area contributed by atoms with E-state index in [-0.39, 0.29) is 0 Å². The second kappa shape index (κ2) is 4.75. The Morgan fingerprint density at radius 2 is 2.11 bits per heavy atom. The number of nitrogens with one attached hydrogen (secondary N) is 1. The first-order chi connectivity index (χ1) is 9.13. The van der Waals surface area contributed by atoms with Crippen molar-refractivity contribution < 1.29 is 4.42 Å². The van der Waals surface area contributed by atoms with Crippen molar-refractivity contribution >= 4 is 56.0 Å². The van der Waals surface area contributed by atoms with Gasteiger partial charge in [0.2, 0.25) is 0 Å². The molecule has 6 heteroatoms. The summed E-state index contributed by atoms with van der Waals surface area (Å²) < 4.78 is 6.34. The van der Waals surface area contributed by atoms with Crippen molar-refractivity contribution in [2.24, 2.45) is 0 Å². The van der Waals surface area contributed by atoms with Gasteiger partial charge in [0.1, 0.15) is 5.52 Å². The number of halogens is 2. The summed E-state index contributed by atoms with van der Waals surface area (Å²) in [5, 5.41) is 3.69. The zero-order valence-corrected chi connectivity index (χ0v) is 12.0. The Hall–Kier alpha value is -1.72. The number of oxazole rings is 1. The zero-order valence-electron chi connectivity index (χ0n) is 9.65. The molecule has 0 aliphatic rings. The van der Waals surface area contributed by atoms with E-state index < -0.39 is 0 Å². The molecule has 0 saturated heterocycles. The highest BCUT2D eigenvalue weighted by Crippen LogP contribution is 2.32. The average Bonchev–Trinajstić information content (AvgIpc) is 2.76. The fourth-order valence-electron chi connectivity index (χ4n) is 1.71. The van der Waals surface area contributed by atoms with Crippen LogP contribution < -0.4 is 11.1 Å². The molecule has 4 nitrogen and oxygen atoms in total. The minimum atomic E-state index is 0.392. The fraction of sp³-hybridized carbons (Fsp3) is 0. The summed E-state index contributed by atoms with van der Waals surface area (Å²) in [5.74, 6) is 0. The Bertz CT molecular complexity index is 757. The average molecular weight is 339 g/mol. The van der Waals surface area contributed by atoms with E-state index in [1.165, 1.54) is 0 Å². The van der Waals surface area contributed by atoms with Crippen molar-refractivity contribution in [2.45, 2.75) is 0 Å². The Morgan fingerprint density at radius 3 is 2.95 bits per heavy atom. The van der Waals surface area contributed by atoms with E-state index in [4.69, 9.17) is 21.8 Å². The molecule has 3 N–H and O–H groups in total. The summed E-state index contributed by atoms with van der Waals surface area (Å²) in [7, 11) is 0. The third-order valence-corrected chi connectivity index (χ3v) is 4.00. The number of hydrogen-bond donors (Lipinski definition) is 2. The van der Waals surface area contributed by atoms with Crippen molar-refractivity contribution in [2.75, 3.05) is 11.1 Å². The topological polar surface area (TPSA) is 64.1 Å². The maximum Gasteiger partial charge on any atom is 0.300 e. The first kappa shape index (κ1) is 12.3. The highest BCUT2D eigenvalue weighted by Gasteiger charge is 2.09. The summed E-state index contributed by atoms with van der Waals surface area (Å²) in [4.78, 5) is 4.32. The smallest absolute Gasteiger partial charge is 0.300 e. The number of nitrogens with zero attached hydrogens (tertiary/aromatic N) is 1. The van der Waals surface area contributed by atoms with Crippen LogP contribution >= 0.6 is 27.5 Å². The molecule has 0 fully saturated rings. The lowest BCUT2D eigenvalue weighted by Gasteiger charge is -2.05. The van der Waals surface area contributed by atoms with Crippen LogP contribution in [0.3, 0.4) is 0 Å². The molecule has 0 aliphatic heterocycles. The Morgan fingerprint density at radius 1 is 1.26 bits per heavy atom. The normalized spacial score (nSPS) is 10.8. The number of fused-ring (bicyclic) bond motifs is 1. The van der Waals surface area contributed by atoms with Gasteiger partial charge >= 0.3 is 0 Å².